The van der Waals surface area contributed by atoms with Gasteiger partial charge in [0.1, 0.15) is 18.2 Å². The van der Waals surface area contributed by atoms with Gasteiger partial charge in [-0.05, 0) is 72.6 Å². The van der Waals surface area contributed by atoms with Gasteiger partial charge in [-0.25, -0.2) is 17.2 Å². The summed E-state index contributed by atoms with van der Waals surface area (Å²) in [4.78, 5) is 12.8. The molecule has 1 atom stereocenters. The van der Waals surface area contributed by atoms with Gasteiger partial charge in [-0.2, -0.15) is 0 Å². The molecule has 3 rings (SSSR count). The Bertz CT molecular complexity index is 1270. The van der Waals surface area contributed by atoms with Crippen LogP contribution in [0.3, 0.4) is 0 Å². The highest BCUT2D eigenvalue weighted by atomic mass is 32.2. The molecule has 1 N–H and O–H groups in total. The van der Waals surface area contributed by atoms with E-state index in [9.17, 15) is 22.0 Å². The SMILES string of the molecule is CCC(NC(=O)CN(c1ccc(F)cc1)S(=O)(=O)c1ccc(F)cc1)c1ccc(OC)c(OC)c1. The van der Waals surface area contributed by atoms with Crippen LogP contribution in [-0.4, -0.2) is 35.1 Å². The normalized spacial score (nSPS) is 12.0. The Labute approximate surface area is 203 Å². The summed E-state index contributed by atoms with van der Waals surface area (Å²) in [7, 11) is -1.24. The minimum absolute atomic E-state index is 0.0880. The Morgan fingerprint density at radius 2 is 1.49 bits per heavy atom. The Hall–Kier alpha value is -3.66. The van der Waals surface area contributed by atoms with E-state index in [0.29, 0.717) is 17.9 Å². The molecule has 186 valence electrons. The third-order valence-corrected chi connectivity index (χ3v) is 7.14. The van der Waals surface area contributed by atoms with Crippen molar-refractivity contribution in [3.8, 4) is 11.5 Å². The molecule has 3 aromatic carbocycles. The van der Waals surface area contributed by atoms with Crippen LogP contribution < -0.4 is 19.1 Å². The van der Waals surface area contributed by atoms with Gasteiger partial charge >= 0.3 is 0 Å². The molecule has 3 aromatic rings. The van der Waals surface area contributed by atoms with Crippen LogP contribution >= 0.6 is 0 Å². The average Bonchev–Trinajstić information content (AvgIpc) is 2.86. The van der Waals surface area contributed by atoms with Gasteiger partial charge in [-0.3, -0.25) is 9.10 Å². The molecular formula is C25H26F2N2O5S. The smallest absolute Gasteiger partial charge is 0.264 e. The van der Waals surface area contributed by atoms with Crippen molar-refractivity contribution in [3.63, 3.8) is 0 Å². The van der Waals surface area contributed by atoms with E-state index in [2.05, 4.69) is 5.32 Å². The fourth-order valence-electron chi connectivity index (χ4n) is 3.52. The molecule has 0 fully saturated rings. The maximum atomic E-state index is 13.5. The van der Waals surface area contributed by atoms with Crippen LogP contribution in [0, 0.1) is 11.6 Å². The number of carbonyl (C=O) groups excluding carboxylic acids is 1. The zero-order chi connectivity index (χ0) is 25.6. The number of nitrogens with one attached hydrogen (secondary N) is 1. The minimum Gasteiger partial charge on any atom is -0.493 e. The van der Waals surface area contributed by atoms with E-state index in [1.165, 1.54) is 26.4 Å². The zero-order valence-corrected chi connectivity index (χ0v) is 20.3. The summed E-state index contributed by atoms with van der Waals surface area (Å²) in [6.45, 7) is 1.30. The zero-order valence-electron chi connectivity index (χ0n) is 19.5. The number of carbonyl (C=O) groups is 1. The molecule has 0 bridgehead atoms. The van der Waals surface area contributed by atoms with E-state index >= 15 is 0 Å². The molecule has 1 amide bonds. The first kappa shape index (κ1) is 26.0. The maximum Gasteiger partial charge on any atom is 0.264 e. The fourth-order valence-corrected chi connectivity index (χ4v) is 4.94. The summed E-state index contributed by atoms with van der Waals surface area (Å²) in [6, 6.07) is 13.7. The highest BCUT2D eigenvalue weighted by Crippen LogP contribution is 2.31. The lowest BCUT2D eigenvalue weighted by Gasteiger charge is -2.26. The number of halogens is 2. The number of nitrogens with zero attached hydrogens (tertiary/aromatic N) is 1. The van der Waals surface area contributed by atoms with E-state index in [4.69, 9.17) is 9.47 Å². The number of amides is 1. The topological polar surface area (TPSA) is 84.9 Å². The summed E-state index contributed by atoms with van der Waals surface area (Å²) >= 11 is 0. The summed E-state index contributed by atoms with van der Waals surface area (Å²) in [5.74, 6) is -0.718. The molecule has 0 saturated heterocycles. The number of ether oxygens (including phenoxy) is 2. The van der Waals surface area contributed by atoms with Crippen LogP contribution in [0.2, 0.25) is 0 Å². The van der Waals surface area contributed by atoms with Crippen LogP contribution in [0.4, 0.5) is 14.5 Å². The van der Waals surface area contributed by atoms with Gasteiger partial charge in [0.05, 0.1) is 30.8 Å². The van der Waals surface area contributed by atoms with E-state index in [1.807, 2.05) is 6.92 Å². The second-order valence-electron chi connectivity index (χ2n) is 7.58. The van der Waals surface area contributed by atoms with Gasteiger partial charge in [0, 0.05) is 0 Å². The number of hydrogen-bond donors (Lipinski definition) is 1. The highest BCUT2D eigenvalue weighted by Gasteiger charge is 2.28. The van der Waals surface area contributed by atoms with Crippen molar-refractivity contribution in [2.24, 2.45) is 0 Å². The van der Waals surface area contributed by atoms with Crippen molar-refractivity contribution in [1.29, 1.82) is 0 Å². The molecule has 0 aliphatic rings. The van der Waals surface area contributed by atoms with Gasteiger partial charge in [-0.15, -0.1) is 0 Å². The summed E-state index contributed by atoms with van der Waals surface area (Å²) in [6.07, 6.45) is 0.516. The van der Waals surface area contributed by atoms with Crippen LogP contribution in [-0.2, 0) is 14.8 Å². The molecule has 7 nitrogen and oxygen atoms in total. The van der Waals surface area contributed by atoms with Crippen LogP contribution in [0.15, 0.2) is 71.6 Å². The second kappa shape index (κ2) is 11.2. The number of rotatable bonds is 10. The first-order valence-electron chi connectivity index (χ1n) is 10.7. The number of sulfonamides is 1. The Morgan fingerprint density at radius 1 is 0.914 bits per heavy atom. The lowest BCUT2D eigenvalue weighted by molar-refractivity contribution is -0.120. The molecule has 0 heterocycles. The quantitative estimate of drug-likeness (QED) is 0.441. The van der Waals surface area contributed by atoms with Crippen molar-refractivity contribution in [2.45, 2.75) is 24.3 Å². The van der Waals surface area contributed by atoms with Gasteiger partial charge in [-0.1, -0.05) is 13.0 Å². The Kier molecular flexibility index (Phi) is 8.29. The van der Waals surface area contributed by atoms with Crippen LogP contribution in [0.5, 0.6) is 11.5 Å². The van der Waals surface area contributed by atoms with Gasteiger partial charge in [0.25, 0.3) is 10.0 Å². The molecule has 0 aliphatic heterocycles. The summed E-state index contributed by atoms with van der Waals surface area (Å²) in [5, 5.41) is 2.84. The van der Waals surface area contributed by atoms with Crippen molar-refractivity contribution in [2.75, 3.05) is 25.1 Å². The predicted molar refractivity (Wildman–Crippen MR) is 128 cm³/mol. The Balaban J connectivity index is 1.90. The average molecular weight is 505 g/mol. The molecule has 0 aliphatic carbocycles. The molecule has 10 heteroatoms. The van der Waals surface area contributed by atoms with Crippen molar-refractivity contribution in [3.05, 3.63) is 83.9 Å². The van der Waals surface area contributed by atoms with E-state index in [0.717, 1.165) is 46.3 Å². The van der Waals surface area contributed by atoms with E-state index < -0.39 is 40.2 Å². The minimum atomic E-state index is -4.26. The van der Waals surface area contributed by atoms with Gasteiger partial charge < -0.3 is 14.8 Å². The highest BCUT2D eigenvalue weighted by molar-refractivity contribution is 7.92. The summed E-state index contributed by atoms with van der Waals surface area (Å²) in [5.41, 5.74) is 0.832. The number of methoxy groups -OCH3 is 2. The third kappa shape index (κ3) is 6.07. The molecule has 0 saturated carbocycles. The fraction of sp³-hybridized carbons (Fsp3) is 0.240. The number of anilines is 1. The largest absolute Gasteiger partial charge is 0.493 e. The summed E-state index contributed by atoms with van der Waals surface area (Å²) < 4.78 is 65.0. The van der Waals surface area contributed by atoms with E-state index in [1.54, 1.807) is 18.2 Å². The molecule has 0 aromatic heterocycles. The molecule has 35 heavy (non-hydrogen) atoms. The van der Waals surface area contributed by atoms with Crippen molar-refractivity contribution < 1.29 is 31.5 Å². The predicted octanol–water partition coefficient (Wildman–Crippen LogP) is 4.44. The standard InChI is InChI=1S/C25H26F2N2O5S/c1-4-22(17-5-14-23(33-2)24(15-17)34-3)28-25(30)16-29(20-10-6-18(26)7-11-20)35(31,32)21-12-8-19(27)9-13-21/h5-15,22H,4,16H2,1-3H3,(H,28,30). The lowest BCUT2D eigenvalue weighted by atomic mass is 10.0. The van der Waals surface area contributed by atoms with Crippen molar-refractivity contribution in [1.82, 2.24) is 5.32 Å². The van der Waals surface area contributed by atoms with Gasteiger partial charge in [0.15, 0.2) is 11.5 Å². The maximum absolute atomic E-state index is 13.5. The molecule has 0 spiro atoms. The van der Waals surface area contributed by atoms with Crippen LogP contribution in [0.25, 0.3) is 0 Å². The third-order valence-electron chi connectivity index (χ3n) is 5.36. The van der Waals surface area contributed by atoms with Crippen LogP contribution in [0.1, 0.15) is 24.9 Å². The Morgan fingerprint density at radius 3 is 2.03 bits per heavy atom. The second-order valence-corrected chi connectivity index (χ2v) is 9.45. The number of hydrogen-bond acceptors (Lipinski definition) is 5. The van der Waals surface area contributed by atoms with E-state index in [-0.39, 0.29) is 10.6 Å². The molecule has 1 unspecified atom stereocenters. The van der Waals surface area contributed by atoms with Gasteiger partial charge in [0.2, 0.25) is 5.91 Å². The molecular weight excluding hydrogens is 478 g/mol. The number of benzene rings is 3. The lowest BCUT2D eigenvalue weighted by Crippen LogP contribution is -2.42. The monoisotopic (exact) mass is 504 g/mol. The first-order chi connectivity index (χ1) is 16.7. The first-order valence-corrected chi connectivity index (χ1v) is 12.2. The van der Waals surface area contributed by atoms with Crippen molar-refractivity contribution >= 4 is 21.6 Å². The molecule has 0 radical (unpaired) electrons.